The number of aryl methyl sites for hydroxylation is 3. The fourth-order valence-electron chi connectivity index (χ4n) is 5.96. The Bertz CT molecular complexity index is 1570. The summed E-state index contributed by atoms with van der Waals surface area (Å²) >= 11 is 0. The van der Waals surface area contributed by atoms with Gasteiger partial charge in [-0.3, -0.25) is 19.1 Å². The van der Waals surface area contributed by atoms with Gasteiger partial charge in [-0.1, -0.05) is 0 Å². The second kappa shape index (κ2) is 8.12. The maximum atomic E-state index is 14.1. The van der Waals surface area contributed by atoms with E-state index in [0.717, 1.165) is 29.2 Å². The van der Waals surface area contributed by atoms with E-state index >= 15 is 0 Å². The van der Waals surface area contributed by atoms with Crippen molar-refractivity contribution in [3.8, 4) is 11.4 Å². The van der Waals surface area contributed by atoms with Crippen LogP contribution in [0.5, 0.6) is 0 Å². The molecule has 2 atom stereocenters. The molecule has 2 aliphatic heterocycles. The molecule has 2 aliphatic rings. The van der Waals surface area contributed by atoms with Crippen LogP contribution in [0.2, 0.25) is 0 Å². The zero-order chi connectivity index (χ0) is 26.2. The van der Waals surface area contributed by atoms with Gasteiger partial charge in [0, 0.05) is 36.8 Å². The second-order valence-corrected chi connectivity index (χ2v) is 9.86. The standard InChI is InChI=1S/C26H24F4N6O/c1-13-9-17(16-10-14(27)7-8-19(16)31-13)25(37)36-15-5-4-6-21(36)23-18(11-15)24(35(3)33-23)20-12-22(26(28,29)30)34(2)32-20/h7-10,12,15,21H,4-6,11H2,1-3H3. The van der Waals surface area contributed by atoms with E-state index in [0.29, 0.717) is 46.4 Å². The molecule has 1 saturated heterocycles. The first-order valence-electron chi connectivity index (χ1n) is 12.1. The highest BCUT2D eigenvalue weighted by atomic mass is 19.4. The van der Waals surface area contributed by atoms with Gasteiger partial charge in [0.25, 0.3) is 5.91 Å². The predicted octanol–water partition coefficient (Wildman–Crippen LogP) is 5.13. The monoisotopic (exact) mass is 512 g/mol. The molecule has 7 nitrogen and oxygen atoms in total. The van der Waals surface area contributed by atoms with Crippen LogP contribution in [0.15, 0.2) is 30.3 Å². The minimum absolute atomic E-state index is 0.162. The fourth-order valence-corrected chi connectivity index (χ4v) is 5.96. The number of fused-ring (bicyclic) bond motifs is 5. The van der Waals surface area contributed by atoms with Crippen molar-refractivity contribution < 1.29 is 22.4 Å². The van der Waals surface area contributed by atoms with E-state index in [9.17, 15) is 22.4 Å². The van der Waals surface area contributed by atoms with Crippen molar-refractivity contribution in [1.29, 1.82) is 0 Å². The molecule has 0 saturated carbocycles. The van der Waals surface area contributed by atoms with Gasteiger partial charge in [-0.2, -0.15) is 23.4 Å². The maximum Gasteiger partial charge on any atom is 0.433 e. The first-order chi connectivity index (χ1) is 17.5. The third-order valence-electron chi connectivity index (χ3n) is 7.45. The Labute approximate surface area is 209 Å². The molecule has 37 heavy (non-hydrogen) atoms. The van der Waals surface area contributed by atoms with Gasteiger partial charge in [-0.25, -0.2) is 4.39 Å². The summed E-state index contributed by atoms with van der Waals surface area (Å²) < 4.78 is 56.8. The summed E-state index contributed by atoms with van der Waals surface area (Å²) in [5, 5.41) is 9.29. The summed E-state index contributed by atoms with van der Waals surface area (Å²) in [4.78, 5) is 20.3. The number of hydrogen-bond donors (Lipinski definition) is 0. The molecule has 6 rings (SSSR count). The number of carbonyl (C=O) groups excluding carboxylic acids is 1. The maximum absolute atomic E-state index is 14.1. The topological polar surface area (TPSA) is 68.8 Å². The predicted molar refractivity (Wildman–Crippen MR) is 127 cm³/mol. The first-order valence-corrected chi connectivity index (χ1v) is 12.1. The number of benzene rings is 1. The largest absolute Gasteiger partial charge is 0.433 e. The van der Waals surface area contributed by atoms with Gasteiger partial charge in [0.2, 0.25) is 0 Å². The molecule has 1 fully saturated rings. The number of hydrogen-bond acceptors (Lipinski definition) is 4. The molecule has 1 aromatic carbocycles. The normalized spacial score (nSPS) is 19.4. The van der Waals surface area contributed by atoms with Crippen LogP contribution in [0.1, 0.15) is 58.3 Å². The number of alkyl halides is 3. The summed E-state index contributed by atoms with van der Waals surface area (Å²) in [6, 6.07) is 6.45. The third kappa shape index (κ3) is 3.70. The Morgan fingerprint density at radius 3 is 2.57 bits per heavy atom. The Hall–Kier alpha value is -3.76. The molecule has 11 heteroatoms. The summed E-state index contributed by atoms with van der Waals surface area (Å²) in [5.74, 6) is -0.665. The van der Waals surface area contributed by atoms with Crippen molar-refractivity contribution in [3.05, 3.63) is 64.4 Å². The molecule has 4 aromatic rings. The minimum Gasteiger partial charge on any atom is -0.327 e. The number of piperidine rings is 1. The van der Waals surface area contributed by atoms with Crippen molar-refractivity contribution in [2.45, 2.75) is 50.9 Å². The van der Waals surface area contributed by atoms with E-state index in [1.165, 1.54) is 19.2 Å². The highest BCUT2D eigenvalue weighted by molar-refractivity contribution is 6.06. The number of carbonyl (C=O) groups is 1. The van der Waals surface area contributed by atoms with Crippen LogP contribution in [0, 0.1) is 12.7 Å². The Morgan fingerprint density at radius 1 is 1.05 bits per heavy atom. The lowest BCUT2D eigenvalue weighted by atomic mass is 9.81. The molecule has 5 heterocycles. The van der Waals surface area contributed by atoms with Gasteiger partial charge >= 0.3 is 6.18 Å². The van der Waals surface area contributed by atoms with Crippen LogP contribution in [-0.4, -0.2) is 41.4 Å². The molecule has 2 unspecified atom stereocenters. The Kier molecular flexibility index (Phi) is 5.19. The third-order valence-corrected chi connectivity index (χ3v) is 7.45. The molecule has 192 valence electrons. The van der Waals surface area contributed by atoms with E-state index in [2.05, 4.69) is 15.2 Å². The van der Waals surface area contributed by atoms with Crippen molar-refractivity contribution in [2.24, 2.45) is 14.1 Å². The van der Waals surface area contributed by atoms with Gasteiger partial charge in [-0.05, 0) is 62.9 Å². The van der Waals surface area contributed by atoms with Gasteiger partial charge in [0.05, 0.1) is 28.5 Å². The van der Waals surface area contributed by atoms with Gasteiger partial charge in [0.15, 0.2) is 0 Å². The lowest BCUT2D eigenvalue weighted by Crippen LogP contribution is -2.50. The van der Waals surface area contributed by atoms with E-state index < -0.39 is 17.7 Å². The van der Waals surface area contributed by atoms with Crippen LogP contribution >= 0.6 is 0 Å². The van der Waals surface area contributed by atoms with Crippen molar-refractivity contribution >= 4 is 16.8 Å². The smallest absolute Gasteiger partial charge is 0.327 e. The molecule has 0 N–H and O–H groups in total. The SMILES string of the molecule is Cc1cc(C(=O)N2C3CCCC2c2nn(C)c(-c4cc(C(F)(F)F)n(C)n4)c2C3)c2cc(F)ccc2n1. The average Bonchev–Trinajstić information content (AvgIpc) is 3.37. The minimum atomic E-state index is -4.52. The number of pyridine rings is 1. The van der Waals surface area contributed by atoms with Crippen LogP contribution in [0.3, 0.4) is 0 Å². The zero-order valence-electron chi connectivity index (χ0n) is 20.5. The highest BCUT2D eigenvalue weighted by Crippen LogP contribution is 2.45. The summed E-state index contributed by atoms with van der Waals surface area (Å²) in [7, 11) is 2.96. The highest BCUT2D eigenvalue weighted by Gasteiger charge is 2.44. The van der Waals surface area contributed by atoms with Crippen LogP contribution in [0.4, 0.5) is 17.6 Å². The second-order valence-electron chi connectivity index (χ2n) is 9.86. The van der Waals surface area contributed by atoms with Crippen LogP contribution in [-0.2, 0) is 26.7 Å². The van der Waals surface area contributed by atoms with Gasteiger partial charge < -0.3 is 4.90 Å². The number of nitrogens with zero attached hydrogens (tertiary/aromatic N) is 6. The van der Waals surface area contributed by atoms with E-state index in [-0.39, 0.29) is 23.7 Å². The van der Waals surface area contributed by atoms with Crippen LogP contribution in [0.25, 0.3) is 22.3 Å². The summed E-state index contributed by atoms with van der Waals surface area (Å²) in [6.45, 7) is 1.79. The number of rotatable bonds is 2. The van der Waals surface area contributed by atoms with Gasteiger partial charge in [0.1, 0.15) is 17.2 Å². The molecule has 3 aromatic heterocycles. The Balaban J connectivity index is 1.45. The van der Waals surface area contributed by atoms with Crippen molar-refractivity contribution in [1.82, 2.24) is 29.4 Å². The number of aromatic nitrogens is 5. The number of amides is 1. The quantitative estimate of drug-likeness (QED) is 0.350. The van der Waals surface area contributed by atoms with E-state index in [4.69, 9.17) is 0 Å². The summed E-state index contributed by atoms with van der Waals surface area (Å²) in [6.07, 6.45) is -1.74. The molecule has 0 spiro atoms. The Morgan fingerprint density at radius 2 is 1.84 bits per heavy atom. The van der Waals surface area contributed by atoms with Crippen molar-refractivity contribution in [2.75, 3.05) is 0 Å². The fraction of sp³-hybridized carbons (Fsp3) is 0.385. The first kappa shape index (κ1) is 23.6. The zero-order valence-corrected chi connectivity index (χ0v) is 20.5. The average molecular weight is 513 g/mol. The molecule has 0 radical (unpaired) electrons. The molecular formula is C26H24F4N6O. The lowest BCUT2D eigenvalue weighted by Gasteiger charge is -2.45. The van der Waals surface area contributed by atoms with Gasteiger partial charge in [-0.15, -0.1) is 0 Å². The van der Waals surface area contributed by atoms with Crippen molar-refractivity contribution in [3.63, 3.8) is 0 Å². The molecule has 2 bridgehead atoms. The van der Waals surface area contributed by atoms with E-state index in [1.54, 1.807) is 30.8 Å². The number of halogens is 4. The molecule has 0 aliphatic carbocycles. The molecule has 1 amide bonds. The molecular weight excluding hydrogens is 488 g/mol. The van der Waals surface area contributed by atoms with Crippen LogP contribution < -0.4 is 0 Å². The van der Waals surface area contributed by atoms with E-state index in [1.807, 2.05) is 4.90 Å². The summed E-state index contributed by atoms with van der Waals surface area (Å²) in [5.41, 5.74) is 3.00. The lowest BCUT2D eigenvalue weighted by molar-refractivity contribution is -0.143.